The first-order chi connectivity index (χ1) is 20.8. The molecule has 0 heterocycles. The Morgan fingerprint density at radius 1 is 0.837 bits per heavy atom. The molecular weight excluding hydrogens is 562 g/mol. The number of para-hydroxylation sites is 2. The molecule has 0 aliphatic rings. The third-order valence-electron chi connectivity index (χ3n) is 7.19. The minimum Gasteiger partial charge on any atom is -0.495 e. The molecule has 0 bridgehead atoms. The van der Waals surface area contributed by atoms with Crippen LogP contribution in [0.4, 0.5) is 5.69 Å². The normalized spacial score (nSPS) is 11.8. The van der Waals surface area contributed by atoms with Crippen LogP contribution in [0.25, 0.3) is 0 Å². The van der Waals surface area contributed by atoms with Gasteiger partial charge < -0.3 is 15.0 Å². The maximum atomic E-state index is 14.5. The summed E-state index contributed by atoms with van der Waals surface area (Å²) in [6.07, 6.45) is 0.254. The van der Waals surface area contributed by atoms with Crippen LogP contribution in [0.2, 0.25) is 0 Å². The van der Waals surface area contributed by atoms with Crippen molar-refractivity contribution < 1.29 is 22.7 Å². The fourth-order valence-corrected chi connectivity index (χ4v) is 6.33. The Kier molecular flexibility index (Phi) is 10.6. The van der Waals surface area contributed by atoms with Crippen molar-refractivity contribution in [3.05, 3.63) is 126 Å². The quantitative estimate of drug-likeness (QED) is 0.234. The van der Waals surface area contributed by atoms with Crippen LogP contribution in [0.5, 0.6) is 5.75 Å². The van der Waals surface area contributed by atoms with Gasteiger partial charge in [0.25, 0.3) is 10.0 Å². The summed E-state index contributed by atoms with van der Waals surface area (Å²) in [7, 11) is -2.76. The van der Waals surface area contributed by atoms with Gasteiger partial charge in [-0.15, -0.1) is 0 Å². The maximum absolute atomic E-state index is 14.5. The molecule has 0 aromatic heterocycles. The molecule has 1 unspecified atom stereocenters. The fraction of sp³-hybridized carbons (Fsp3) is 0.235. The largest absolute Gasteiger partial charge is 0.495 e. The number of likely N-dealkylation sites (N-methyl/N-ethyl adjacent to an activating group) is 1. The highest BCUT2D eigenvalue weighted by atomic mass is 32.2. The average Bonchev–Trinajstić information content (AvgIpc) is 3.03. The number of rotatable bonds is 13. The van der Waals surface area contributed by atoms with E-state index in [-0.39, 0.29) is 29.5 Å². The molecule has 0 radical (unpaired) electrons. The van der Waals surface area contributed by atoms with Crippen LogP contribution in [0, 0.1) is 6.92 Å². The summed E-state index contributed by atoms with van der Waals surface area (Å²) < 4.78 is 34.8. The van der Waals surface area contributed by atoms with Gasteiger partial charge >= 0.3 is 0 Å². The number of nitrogens with zero attached hydrogens (tertiary/aromatic N) is 2. The van der Waals surface area contributed by atoms with E-state index < -0.39 is 28.5 Å². The van der Waals surface area contributed by atoms with Crippen LogP contribution in [0.3, 0.4) is 0 Å². The van der Waals surface area contributed by atoms with Crippen LogP contribution >= 0.6 is 0 Å². The fourth-order valence-electron chi connectivity index (χ4n) is 4.89. The van der Waals surface area contributed by atoms with Crippen LogP contribution < -0.4 is 14.4 Å². The number of aryl methyl sites for hydroxylation is 1. The number of amides is 2. The van der Waals surface area contributed by atoms with E-state index in [9.17, 15) is 18.0 Å². The van der Waals surface area contributed by atoms with Crippen molar-refractivity contribution in [1.29, 1.82) is 0 Å². The van der Waals surface area contributed by atoms with Gasteiger partial charge in [-0.25, -0.2) is 8.42 Å². The van der Waals surface area contributed by atoms with Gasteiger partial charge in [0, 0.05) is 19.5 Å². The zero-order valence-corrected chi connectivity index (χ0v) is 25.5. The standard InChI is InChI=1S/C34H37N3O5S/c1-4-35-34(39)31(23-27-16-7-5-8-17-27)36(24-28-18-12-11-15-26(28)2)33(38)25-37(30-21-13-14-22-32(30)42-3)43(40,41)29-19-9-6-10-20-29/h5-22,31H,4,23-25H2,1-3H3,(H,35,39). The van der Waals surface area contributed by atoms with E-state index in [1.165, 1.54) is 24.1 Å². The van der Waals surface area contributed by atoms with Crippen molar-refractivity contribution >= 4 is 27.5 Å². The van der Waals surface area contributed by atoms with Crippen molar-refractivity contribution in [3.63, 3.8) is 0 Å². The second-order valence-electron chi connectivity index (χ2n) is 10.0. The molecule has 8 nitrogen and oxygen atoms in total. The number of carbonyl (C=O) groups excluding carboxylic acids is 2. The lowest BCUT2D eigenvalue weighted by molar-refractivity contribution is -0.140. The van der Waals surface area contributed by atoms with Crippen LogP contribution in [0.15, 0.2) is 114 Å². The summed E-state index contributed by atoms with van der Waals surface area (Å²) in [5, 5.41) is 2.88. The predicted octanol–water partition coefficient (Wildman–Crippen LogP) is 4.98. The van der Waals surface area contributed by atoms with E-state index in [0.717, 1.165) is 21.0 Å². The Labute approximate surface area is 254 Å². The first-order valence-electron chi connectivity index (χ1n) is 14.1. The summed E-state index contributed by atoms with van der Waals surface area (Å²) >= 11 is 0. The van der Waals surface area contributed by atoms with Gasteiger partial charge in [-0.1, -0.05) is 84.9 Å². The smallest absolute Gasteiger partial charge is 0.264 e. The number of hydrogen-bond donors (Lipinski definition) is 1. The Morgan fingerprint density at radius 3 is 2.09 bits per heavy atom. The topological polar surface area (TPSA) is 96.0 Å². The molecule has 43 heavy (non-hydrogen) atoms. The molecule has 4 aromatic carbocycles. The zero-order valence-electron chi connectivity index (χ0n) is 24.6. The third kappa shape index (κ3) is 7.61. The molecule has 0 aliphatic carbocycles. The van der Waals surface area contributed by atoms with E-state index in [4.69, 9.17) is 4.74 Å². The SMILES string of the molecule is CCNC(=O)C(Cc1ccccc1)N(Cc1ccccc1C)C(=O)CN(c1ccccc1OC)S(=O)(=O)c1ccccc1. The van der Waals surface area contributed by atoms with E-state index in [1.807, 2.05) is 68.4 Å². The molecule has 4 aromatic rings. The summed E-state index contributed by atoms with van der Waals surface area (Å²) in [6, 6.07) is 30.8. The summed E-state index contributed by atoms with van der Waals surface area (Å²) in [5.41, 5.74) is 2.90. The molecule has 224 valence electrons. The highest BCUT2D eigenvalue weighted by Crippen LogP contribution is 2.32. The van der Waals surface area contributed by atoms with Gasteiger partial charge in [-0.3, -0.25) is 13.9 Å². The van der Waals surface area contributed by atoms with Gasteiger partial charge in [-0.2, -0.15) is 0 Å². The van der Waals surface area contributed by atoms with Gasteiger partial charge in [-0.05, 0) is 54.8 Å². The van der Waals surface area contributed by atoms with Gasteiger partial charge in [0.1, 0.15) is 18.3 Å². The molecule has 1 N–H and O–H groups in total. The van der Waals surface area contributed by atoms with Crippen LogP contribution in [-0.2, 0) is 32.6 Å². The van der Waals surface area contributed by atoms with Crippen LogP contribution in [-0.4, -0.2) is 51.4 Å². The molecule has 0 spiro atoms. The highest BCUT2D eigenvalue weighted by Gasteiger charge is 2.35. The average molecular weight is 600 g/mol. The summed E-state index contributed by atoms with van der Waals surface area (Å²) in [5.74, 6) is -0.547. The minimum absolute atomic E-state index is 0.0312. The Hall–Kier alpha value is -4.63. The number of methoxy groups -OCH3 is 1. The highest BCUT2D eigenvalue weighted by molar-refractivity contribution is 7.92. The Bertz CT molecular complexity index is 1630. The lowest BCUT2D eigenvalue weighted by atomic mass is 10.0. The molecule has 9 heteroatoms. The number of nitrogens with one attached hydrogen (secondary N) is 1. The zero-order chi connectivity index (χ0) is 30.8. The number of sulfonamides is 1. The second-order valence-corrected chi connectivity index (χ2v) is 11.9. The van der Waals surface area contributed by atoms with E-state index in [1.54, 1.807) is 42.5 Å². The number of carbonyl (C=O) groups is 2. The molecule has 0 saturated carbocycles. The number of anilines is 1. The van der Waals surface area contributed by atoms with Crippen molar-refractivity contribution in [2.75, 3.05) is 24.5 Å². The minimum atomic E-state index is -4.21. The molecule has 0 aliphatic heterocycles. The molecular formula is C34H37N3O5S. The van der Waals surface area contributed by atoms with Crippen molar-refractivity contribution in [2.24, 2.45) is 0 Å². The molecule has 2 amide bonds. The monoisotopic (exact) mass is 599 g/mol. The first kappa shape index (κ1) is 31.3. The number of benzene rings is 4. The summed E-state index contributed by atoms with van der Waals surface area (Å²) in [4.78, 5) is 29.6. The van der Waals surface area contributed by atoms with E-state index >= 15 is 0 Å². The third-order valence-corrected chi connectivity index (χ3v) is 8.96. The van der Waals surface area contributed by atoms with E-state index in [2.05, 4.69) is 5.32 Å². The first-order valence-corrected chi connectivity index (χ1v) is 15.6. The lowest BCUT2D eigenvalue weighted by Gasteiger charge is -2.34. The molecule has 0 saturated heterocycles. The molecule has 0 fully saturated rings. The molecule has 1 atom stereocenters. The van der Waals surface area contributed by atoms with Crippen molar-refractivity contribution in [2.45, 2.75) is 37.8 Å². The Balaban J connectivity index is 1.82. The Morgan fingerprint density at radius 2 is 1.44 bits per heavy atom. The summed E-state index contributed by atoms with van der Waals surface area (Å²) in [6.45, 7) is 3.71. The number of hydrogen-bond acceptors (Lipinski definition) is 5. The van der Waals surface area contributed by atoms with Crippen LogP contribution in [0.1, 0.15) is 23.6 Å². The van der Waals surface area contributed by atoms with Crippen molar-refractivity contribution in [1.82, 2.24) is 10.2 Å². The second kappa shape index (κ2) is 14.5. The lowest BCUT2D eigenvalue weighted by Crippen LogP contribution is -2.53. The van der Waals surface area contributed by atoms with Gasteiger partial charge in [0.05, 0.1) is 17.7 Å². The van der Waals surface area contributed by atoms with E-state index in [0.29, 0.717) is 12.3 Å². The van der Waals surface area contributed by atoms with Gasteiger partial charge in [0.2, 0.25) is 11.8 Å². The number of ether oxygens (including phenoxy) is 1. The van der Waals surface area contributed by atoms with Gasteiger partial charge in [0.15, 0.2) is 0 Å². The molecule has 4 rings (SSSR count). The maximum Gasteiger partial charge on any atom is 0.264 e. The predicted molar refractivity (Wildman–Crippen MR) is 168 cm³/mol. The van der Waals surface area contributed by atoms with Crippen molar-refractivity contribution in [3.8, 4) is 5.75 Å².